The summed E-state index contributed by atoms with van der Waals surface area (Å²) in [4.78, 5) is 40.4. The number of nitrogens with one attached hydrogen (secondary N) is 2. The number of anilines is 2. The fourth-order valence-corrected chi connectivity index (χ4v) is 9.60. The molecule has 0 saturated heterocycles. The number of hydrogen-bond donors (Lipinski definition) is 4. The van der Waals surface area contributed by atoms with Crippen molar-refractivity contribution in [2.75, 3.05) is 17.6 Å². The summed E-state index contributed by atoms with van der Waals surface area (Å²) in [6.45, 7) is 6.41. The molecule has 2 saturated carbocycles. The van der Waals surface area contributed by atoms with Crippen LogP contribution < -0.4 is 22.1 Å². The lowest BCUT2D eigenvalue weighted by Gasteiger charge is -2.55. The highest BCUT2D eigenvalue weighted by molar-refractivity contribution is 6.01. The van der Waals surface area contributed by atoms with Crippen molar-refractivity contribution in [2.45, 2.75) is 96.3 Å². The van der Waals surface area contributed by atoms with Gasteiger partial charge in [0.25, 0.3) is 0 Å². The summed E-state index contributed by atoms with van der Waals surface area (Å²) in [7, 11) is 0. The first kappa shape index (κ1) is 28.9. The third kappa shape index (κ3) is 4.55. The number of carbonyl (C=O) groups is 3. The van der Waals surface area contributed by atoms with Crippen molar-refractivity contribution in [3.63, 3.8) is 0 Å². The van der Waals surface area contributed by atoms with Gasteiger partial charge in [-0.25, -0.2) is 0 Å². The zero-order valence-corrected chi connectivity index (χ0v) is 25.4. The molecule has 2 aromatic carbocycles. The van der Waals surface area contributed by atoms with E-state index in [1.807, 2.05) is 12.1 Å². The second kappa shape index (κ2) is 10.5. The van der Waals surface area contributed by atoms with Crippen molar-refractivity contribution >= 4 is 29.1 Å². The Morgan fingerprint density at radius 1 is 0.857 bits per heavy atom. The molecule has 3 amide bonds. The molecular weight excluding hydrogens is 524 g/mol. The lowest BCUT2D eigenvalue weighted by Crippen LogP contribution is -2.58. The highest BCUT2D eigenvalue weighted by atomic mass is 16.2. The number of nitrogens with two attached hydrogens (primary N) is 2. The van der Waals surface area contributed by atoms with Crippen molar-refractivity contribution in [2.24, 2.45) is 28.4 Å². The summed E-state index contributed by atoms with van der Waals surface area (Å²) < 4.78 is 0. The molecule has 0 bridgehead atoms. The Bertz CT molecular complexity index is 1440. The van der Waals surface area contributed by atoms with E-state index in [4.69, 9.17) is 11.5 Å². The SMILES string of the molecule is C[C@]1(C(=O)NC(=O)[C@@]2(C)CCC[C@]3(C)c4cc(N)ccc4CC[C@@H]23)CCC[C@@H]2c3cc(NC(=O)CN)ccc3CC[C@H]21. The number of hydrogen-bond acceptors (Lipinski definition) is 5. The number of aryl methyl sites for hydroxylation is 2. The van der Waals surface area contributed by atoms with E-state index in [9.17, 15) is 14.4 Å². The van der Waals surface area contributed by atoms with Gasteiger partial charge in [0.2, 0.25) is 17.7 Å². The fourth-order valence-electron chi connectivity index (χ4n) is 9.60. The molecule has 6 N–H and O–H groups in total. The van der Waals surface area contributed by atoms with Crippen LogP contribution in [0.5, 0.6) is 0 Å². The molecule has 4 aliphatic carbocycles. The smallest absolute Gasteiger partial charge is 0.238 e. The van der Waals surface area contributed by atoms with Gasteiger partial charge >= 0.3 is 0 Å². The van der Waals surface area contributed by atoms with Gasteiger partial charge in [-0.2, -0.15) is 0 Å². The molecule has 224 valence electrons. The summed E-state index contributed by atoms with van der Waals surface area (Å²) in [5.74, 6) is 0.0645. The number of imide groups is 1. The highest BCUT2D eigenvalue weighted by Crippen LogP contribution is 2.58. The lowest BCUT2D eigenvalue weighted by molar-refractivity contribution is -0.149. The fraction of sp³-hybridized carbons (Fsp3) is 0.571. The van der Waals surface area contributed by atoms with Gasteiger partial charge < -0.3 is 16.8 Å². The van der Waals surface area contributed by atoms with Gasteiger partial charge in [-0.3, -0.25) is 19.7 Å². The van der Waals surface area contributed by atoms with Gasteiger partial charge in [0.15, 0.2) is 0 Å². The first-order valence-electron chi connectivity index (χ1n) is 15.9. The minimum Gasteiger partial charge on any atom is -0.399 e. The van der Waals surface area contributed by atoms with Crippen LogP contribution in [0.3, 0.4) is 0 Å². The van der Waals surface area contributed by atoms with Gasteiger partial charge in [-0.15, -0.1) is 0 Å². The van der Waals surface area contributed by atoms with E-state index < -0.39 is 10.8 Å². The summed E-state index contributed by atoms with van der Waals surface area (Å²) >= 11 is 0. The van der Waals surface area contributed by atoms with Crippen molar-refractivity contribution < 1.29 is 14.4 Å². The average Bonchev–Trinajstić information content (AvgIpc) is 2.97. The molecule has 0 aromatic heterocycles. The first-order chi connectivity index (χ1) is 20.0. The molecule has 2 fully saturated rings. The van der Waals surface area contributed by atoms with E-state index in [2.05, 4.69) is 55.7 Å². The van der Waals surface area contributed by atoms with E-state index in [1.54, 1.807) is 0 Å². The van der Waals surface area contributed by atoms with Crippen molar-refractivity contribution in [1.82, 2.24) is 5.32 Å². The number of fused-ring (bicyclic) bond motifs is 6. The summed E-state index contributed by atoms with van der Waals surface area (Å²) in [5.41, 5.74) is 17.0. The topological polar surface area (TPSA) is 127 Å². The van der Waals surface area contributed by atoms with Crippen LogP contribution in [0.15, 0.2) is 36.4 Å². The Balaban J connectivity index is 1.24. The highest BCUT2D eigenvalue weighted by Gasteiger charge is 2.56. The molecule has 0 radical (unpaired) electrons. The van der Waals surface area contributed by atoms with E-state index in [0.717, 1.165) is 75.6 Å². The maximum atomic E-state index is 14.2. The molecular formula is C35H46N4O3. The summed E-state index contributed by atoms with van der Waals surface area (Å²) in [5, 5.41) is 5.90. The molecule has 7 heteroatoms. The molecule has 2 aromatic rings. The van der Waals surface area contributed by atoms with Crippen LogP contribution in [0.4, 0.5) is 11.4 Å². The summed E-state index contributed by atoms with van der Waals surface area (Å²) in [6, 6.07) is 12.4. The molecule has 0 aliphatic heterocycles. The van der Waals surface area contributed by atoms with Crippen molar-refractivity contribution in [3.8, 4) is 0 Å². The second-order valence-corrected chi connectivity index (χ2v) is 14.2. The Kier molecular flexibility index (Phi) is 7.24. The van der Waals surface area contributed by atoms with Gasteiger partial charge in [-0.1, -0.05) is 45.7 Å². The molecule has 6 atom stereocenters. The van der Waals surface area contributed by atoms with Gasteiger partial charge in [-0.05, 0) is 121 Å². The van der Waals surface area contributed by atoms with Crippen LogP contribution in [0.1, 0.15) is 100 Å². The zero-order valence-electron chi connectivity index (χ0n) is 25.4. The Labute approximate surface area is 249 Å². The number of carbonyl (C=O) groups excluding carboxylic acids is 3. The Morgan fingerprint density at radius 3 is 2.36 bits per heavy atom. The predicted octanol–water partition coefficient (Wildman–Crippen LogP) is 5.36. The Morgan fingerprint density at radius 2 is 1.57 bits per heavy atom. The van der Waals surface area contributed by atoms with Crippen LogP contribution >= 0.6 is 0 Å². The quantitative estimate of drug-likeness (QED) is 0.291. The normalized spacial score (nSPS) is 33.3. The minimum atomic E-state index is -0.630. The van der Waals surface area contributed by atoms with Crippen LogP contribution in [0, 0.1) is 22.7 Å². The second-order valence-electron chi connectivity index (χ2n) is 14.2. The van der Waals surface area contributed by atoms with Crippen LogP contribution in [0.25, 0.3) is 0 Å². The van der Waals surface area contributed by atoms with Crippen molar-refractivity contribution in [3.05, 3.63) is 58.7 Å². The average molecular weight is 571 g/mol. The predicted molar refractivity (Wildman–Crippen MR) is 166 cm³/mol. The number of nitrogen functional groups attached to an aromatic ring is 1. The number of amides is 3. The maximum Gasteiger partial charge on any atom is 0.238 e. The lowest BCUT2D eigenvalue weighted by atomic mass is 9.49. The maximum absolute atomic E-state index is 14.2. The largest absolute Gasteiger partial charge is 0.399 e. The molecule has 6 rings (SSSR count). The van der Waals surface area contributed by atoms with E-state index >= 15 is 0 Å². The first-order valence-corrected chi connectivity index (χ1v) is 15.9. The van der Waals surface area contributed by atoms with Gasteiger partial charge in [0.1, 0.15) is 0 Å². The number of rotatable bonds is 4. The zero-order chi connectivity index (χ0) is 29.9. The van der Waals surface area contributed by atoms with Crippen molar-refractivity contribution in [1.29, 1.82) is 0 Å². The summed E-state index contributed by atoms with van der Waals surface area (Å²) in [6.07, 6.45) is 9.14. The van der Waals surface area contributed by atoms with Crippen LogP contribution in [-0.4, -0.2) is 24.3 Å². The molecule has 0 spiro atoms. The standard InChI is InChI=1S/C35H46N4O3/c1-33-16-5-17-35(3,29(33)14-10-22-7-11-23(37)18-28(22)33)32(42)39-31(41)34(2)15-4-6-25-26-19-24(38-30(40)20-36)12-8-21(26)9-13-27(25)34/h7-8,11-12,18-19,25,27,29H,4-6,9-10,13-17,20,36-37H2,1-3H3,(H,38,40)(H,39,41,42)/t25-,27-,29-,33-,34+,35+/m1/s1. The Hall–Kier alpha value is -3.19. The molecule has 4 aliphatic rings. The third-order valence-corrected chi connectivity index (χ3v) is 11.9. The number of benzene rings is 2. The van der Waals surface area contributed by atoms with E-state index in [1.165, 1.54) is 22.3 Å². The van der Waals surface area contributed by atoms with Gasteiger partial charge in [0, 0.05) is 11.4 Å². The van der Waals surface area contributed by atoms with Crippen LogP contribution in [0.2, 0.25) is 0 Å². The molecule has 7 nitrogen and oxygen atoms in total. The third-order valence-electron chi connectivity index (χ3n) is 11.9. The minimum absolute atomic E-state index is 0.0606. The molecule has 0 unspecified atom stereocenters. The molecule has 0 heterocycles. The monoisotopic (exact) mass is 570 g/mol. The van der Waals surface area contributed by atoms with E-state index in [0.29, 0.717) is 0 Å². The molecule has 42 heavy (non-hydrogen) atoms. The van der Waals surface area contributed by atoms with Gasteiger partial charge in [0.05, 0.1) is 17.4 Å². The van der Waals surface area contributed by atoms with E-state index in [-0.39, 0.29) is 47.4 Å². The van der Waals surface area contributed by atoms with Crippen LogP contribution in [-0.2, 0) is 32.6 Å².